The smallest absolute Gasteiger partial charge is 0.321 e. The summed E-state index contributed by atoms with van der Waals surface area (Å²) in [4.78, 5) is 13.1. The highest BCUT2D eigenvalue weighted by molar-refractivity contribution is 5.92. The van der Waals surface area contributed by atoms with Crippen molar-refractivity contribution in [3.63, 3.8) is 0 Å². The van der Waals surface area contributed by atoms with Gasteiger partial charge in [-0.25, -0.2) is 4.79 Å². The summed E-state index contributed by atoms with van der Waals surface area (Å²) in [7, 11) is 1.76. The van der Waals surface area contributed by atoms with E-state index in [2.05, 4.69) is 5.32 Å². The van der Waals surface area contributed by atoms with Crippen molar-refractivity contribution < 1.29 is 9.90 Å². The maximum absolute atomic E-state index is 11.5. The van der Waals surface area contributed by atoms with E-state index in [-0.39, 0.29) is 11.4 Å². The van der Waals surface area contributed by atoms with E-state index in [4.69, 9.17) is 0 Å². The molecule has 0 radical (unpaired) electrons. The molecule has 4 heteroatoms. The first-order valence-corrected chi connectivity index (χ1v) is 6.12. The Balaban J connectivity index is 2.33. The number of carbonyl (C=O) groups is 1. The fraction of sp³-hybridized carbons (Fsp3) is 0.500. The van der Waals surface area contributed by atoms with Crippen molar-refractivity contribution >= 4 is 11.7 Å². The number of aliphatic hydroxyl groups excluding tert-OH is 1. The molecule has 98 valence electrons. The molecule has 1 aliphatic heterocycles. The molecule has 0 aromatic heterocycles. The number of fused-ring (bicyclic) bond motifs is 1. The van der Waals surface area contributed by atoms with Gasteiger partial charge in [-0.15, -0.1) is 0 Å². The lowest BCUT2D eigenvalue weighted by atomic mass is 9.84. The van der Waals surface area contributed by atoms with Crippen LogP contribution in [-0.4, -0.2) is 23.1 Å². The van der Waals surface area contributed by atoms with Crippen molar-refractivity contribution in [3.8, 4) is 0 Å². The number of rotatable bonds is 1. The number of anilines is 1. The minimum absolute atomic E-state index is 0.0911. The van der Waals surface area contributed by atoms with E-state index in [1.54, 1.807) is 11.9 Å². The number of amides is 2. The van der Waals surface area contributed by atoms with Gasteiger partial charge in [0.15, 0.2) is 0 Å². The average Bonchev–Trinajstić information content (AvgIpc) is 2.28. The van der Waals surface area contributed by atoms with E-state index in [0.717, 1.165) is 16.8 Å². The largest absolute Gasteiger partial charge is 0.388 e. The summed E-state index contributed by atoms with van der Waals surface area (Å²) in [5.41, 5.74) is 2.57. The molecular formula is C14H20N2O2. The third-order valence-electron chi connectivity index (χ3n) is 3.26. The van der Waals surface area contributed by atoms with Crippen molar-refractivity contribution in [2.45, 2.75) is 33.4 Å². The number of carbonyl (C=O) groups excluding carboxylic acids is 1. The zero-order chi connectivity index (χ0) is 13.5. The van der Waals surface area contributed by atoms with Crippen LogP contribution in [0.2, 0.25) is 0 Å². The van der Waals surface area contributed by atoms with Gasteiger partial charge in [0.05, 0.1) is 6.10 Å². The quantitative estimate of drug-likeness (QED) is 0.803. The van der Waals surface area contributed by atoms with Crippen LogP contribution in [0.15, 0.2) is 18.2 Å². The van der Waals surface area contributed by atoms with Crippen LogP contribution in [0.5, 0.6) is 0 Å². The number of benzene rings is 1. The highest BCUT2D eigenvalue weighted by atomic mass is 16.3. The molecule has 2 amide bonds. The Morgan fingerprint density at radius 2 is 2.06 bits per heavy atom. The number of nitrogens with zero attached hydrogens (tertiary/aromatic N) is 1. The van der Waals surface area contributed by atoms with Crippen LogP contribution in [0.1, 0.15) is 38.0 Å². The Labute approximate surface area is 108 Å². The molecule has 0 fully saturated rings. The molecule has 1 unspecified atom stereocenters. The van der Waals surface area contributed by atoms with Crippen molar-refractivity contribution in [1.29, 1.82) is 0 Å². The van der Waals surface area contributed by atoms with Crippen LogP contribution in [0.25, 0.3) is 0 Å². The predicted molar refractivity (Wildman–Crippen MR) is 71.3 cm³/mol. The third kappa shape index (κ3) is 2.34. The van der Waals surface area contributed by atoms with E-state index >= 15 is 0 Å². The van der Waals surface area contributed by atoms with Crippen LogP contribution < -0.4 is 5.32 Å². The normalized spacial score (nSPS) is 17.2. The van der Waals surface area contributed by atoms with Crippen molar-refractivity contribution in [3.05, 3.63) is 29.3 Å². The second-order valence-corrected chi connectivity index (χ2v) is 5.97. The molecule has 0 aliphatic carbocycles. The zero-order valence-corrected chi connectivity index (χ0v) is 11.3. The summed E-state index contributed by atoms with van der Waals surface area (Å²) in [5.74, 6) is 0. The lowest BCUT2D eigenvalue weighted by molar-refractivity contribution is 0.0626. The summed E-state index contributed by atoms with van der Waals surface area (Å²) >= 11 is 0. The number of hydrogen-bond donors (Lipinski definition) is 2. The second kappa shape index (κ2) is 4.28. The number of aliphatic hydroxyl groups is 1. The zero-order valence-electron chi connectivity index (χ0n) is 11.3. The molecule has 4 nitrogen and oxygen atoms in total. The molecule has 1 atom stereocenters. The number of nitrogens with one attached hydrogen (secondary N) is 1. The Kier molecular flexibility index (Phi) is 3.07. The Hall–Kier alpha value is -1.55. The predicted octanol–water partition coefficient (Wildman–Crippen LogP) is 2.74. The number of hydrogen-bond acceptors (Lipinski definition) is 2. The molecule has 0 saturated carbocycles. The summed E-state index contributed by atoms with van der Waals surface area (Å²) in [5, 5.41) is 13.1. The molecule has 0 saturated heterocycles. The van der Waals surface area contributed by atoms with E-state index in [0.29, 0.717) is 6.54 Å². The first kappa shape index (κ1) is 12.9. The molecule has 0 spiro atoms. The molecule has 1 aliphatic rings. The summed E-state index contributed by atoms with van der Waals surface area (Å²) in [6, 6.07) is 5.62. The Morgan fingerprint density at radius 1 is 1.39 bits per heavy atom. The van der Waals surface area contributed by atoms with Crippen LogP contribution >= 0.6 is 0 Å². The van der Waals surface area contributed by atoms with Crippen LogP contribution in [0.4, 0.5) is 10.5 Å². The summed E-state index contributed by atoms with van der Waals surface area (Å²) in [6.45, 7) is 6.59. The van der Waals surface area contributed by atoms with Crippen molar-refractivity contribution in [2.24, 2.45) is 5.41 Å². The minimum atomic E-state index is -0.509. The Morgan fingerprint density at radius 3 is 2.67 bits per heavy atom. The van der Waals surface area contributed by atoms with E-state index in [9.17, 15) is 9.90 Å². The average molecular weight is 248 g/mol. The molecular weight excluding hydrogens is 228 g/mol. The highest BCUT2D eigenvalue weighted by Gasteiger charge is 2.26. The van der Waals surface area contributed by atoms with E-state index in [1.807, 2.05) is 39.0 Å². The first-order chi connectivity index (χ1) is 8.29. The molecule has 1 heterocycles. The molecule has 0 bridgehead atoms. The van der Waals surface area contributed by atoms with Gasteiger partial charge in [0, 0.05) is 19.3 Å². The Bertz CT molecular complexity index is 477. The molecule has 2 rings (SSSR count). The van der Waals surface area contributed by atoms with Crippen LogP contribution in [0.3, 0.4) is 0 Å². The van der Waals surface area contributed by atoms with Gasteiger partial charge < -0.3 is 15.3 Å². The highest BCUT2D eigenvalue weighted by Crippen LogP contribution is 2.35. The van der Waals surface area contributed by atoms with Gasteiger partial charge in [0.2, 0.25) is 0 Å². The van der Waals surface area contributed by atoms with Crippen molar-refractivity contribution in [2.75, 3.05) is 12.4 Å². The molecule has 18 heavy (non-hydrogen) atoms. The van der Waals surface area contributed by atoms with Gasteiger partial charge in [-0.2, -0.15) is 0 Å². The summed E-state index contributed by atoms with van der Waals surface area (Å²) in [6.07, 6.45) is -0.509. The van der Waals surface area contributed by atoms with Gasteiger partial charge in [-0.05, 0) is 28.7 Å². The maximum atomic E-state index is 11.5. The van der Waals surface area contributed by atoms with Gasteiger partial charge in [-0.3, -0.25) is 0 Å². The van der Waals surface area contributed by atoms with Crippen molar-refractivity contribution in [1.82, 2.24) is 4.90 Å². The summed E-state index contributed by atoms with van der Waals surface area (Å²) < 4.78 is 0. The first-order valence-electron chi connectivity index (χ1n) is 6.12. The SMILES string of the molecule is CN1Cc2cc(C(O)C(C)(C)C)ccc2NC1=O. The monoisotopic (exact) mass is 248 g/mol. The van der Waals surface area contributed by atoms with Crippen LogP contribution in [0, 0.1) is 5.41 Å². The molecule has 1 aromatic rings. The standard InChI is InChI=1S/C14H20N2O2/c1-14(2,3)12(17)9-5-6-11-10(7-9)8-16(4)13(18)15-11/h5-7,12,17H,8H2,1-4H3,(H,15,18). The van der Waals surface area contributed by atoms with Gasteiger partial charge in [-0.1, -0.05) is 26.8 Å². The fourth-order valence-electron chi connectivity index (χ4n) is 2.07. The van der Waals surface area contributed by atoms with E-state index in [1.165, 1.54) is 0 Å². The molecule has 1 aromatic carbocycles. The van der Waals surface area contributed by atoms with Crippen LogP contribution in [-0.2, 0) is 6.54 Å². The third-order valence-corrected chi connectivity index (χ3v) is 3.26. The minimum Gasteiger partial charge on any atom is -0.388 e. The van der Waals surface area contributed by atoms with E-state index < -0.39 is 6.10 Å². The number of urea groups is 1. The second-order valence-electron chi connectivity index (χ2n) is 5.97. The lowest BCUT2D eigenvalue weighted by Gasteiger charge is -2.29. The van der Waals surface area contributed by atoms with Gasteiger partial charge >= 0.3 is 6.03 Å². The van der Waals surface area contributed by atoms with Gasteiger partial charge in [0.1, 0.15) is 0 Å². The lowest BCUT2D eigenvalue weighted by Crippen LogP contribution is -2.35. The maximum Gasteiger partial charge on any atom is 0.321 e. The van der Waals surface area contributed by atoms with Gasteiger partial charge in [0.25, 0.3) is 0 Å². The fourth-order valence-corrected chi connectivity index (χ4v) is 2.07. The topological polar surface area (TPSA) is 52.6 Å². The molecule has 2 N–H and O–H groups in total.